The molecule has 1 atom stereocenters. The molecule has 5 rings (SSSR count). The second kappa shape index (κ2) is 12.0. The highest BCUT2D eigenvalue weighted by Gasteiger charge is 2.27. The van der Waals surface area contributed by atoms with Gasteiger partial charge in [0.25, 0.3) is 5.91 Å². The Morgan fingerprint density at radius 1 is 0.897 bits per heavy atom. The van der Waals surface area contributed by atoms with Crippen molar-refractivity contribution in [2.75, 3.05) is 19.7 Å². The number of carbonyl (C=O) groups excluding carboxylic acids is 2. The number of nitrogens with zero attached hydrogens (tertiary/aromatic N) is 2. The van der Waals surface area contributed by atoms with E-state index in [0.29, 0.717) is 34.3 Å². The van der Waals surface area contributed by atoms with E-state index in [-0.39, 0.29) is 55.3 Å². The van der Waals surface area contributed by atoms with Gasteiger partial charge in [-0.2, -0.15) is 0 Å². The predicted octanol–water partition coefficient (Wildman–Crippen LogP) is 4.78. The molecule has 8 heteroatoms. The van der Waals surface area contributed by atoms with E-state index in [0.717, 1.165) is 12.8 Å². The van der Waals surface area contributed by atoms with Crippen LogP contribution in [0.5, 0.6) is 0 Å². The maximum atomic E-state index is 13.8. The summed E-state index contributed by atoms with van der Waals surface area (Å²) >= 11 is 0. The summed E-state index contributed by atoms with van der Waals surface area (Å²) in [7, 11) is 0. The van der Waals surface area contributed by atoms with Gasteiger partial charge >= 0.3 is 0 Å². The van der Waals surface area contributed by atoms with Crippen molar-refractivity contribution in [1.82, 2.24) is 9.80 Å². The van der Waals surface area contributed by atoms with E-state index in [1.807, 2.05) is 6.07 Å². The number of carbonyl (C=O) groups is 2. The van der Waals surface area contributed by atoms with Crippen LogP contribution < -0.4 is 5.43 Å². The van der Waals surface area contributed by atoms with Crippen LogP contribution in [0.3, 0.4) is 0 Å². The Hall–Kier alpha value is -4.30. The molecule has 1 unspecified atom stereocenters. The smallest absolute Gasteiger partial charge is 0.254 e. The van der Waals surface area contributed by atoms with Gasteiger partial charge < -0.3 is 19.0 Å². The van der Waals surface area contributed by atoms with E-state index >= 15 is 0 Å². The Balaban J connectivity index is 1.43. The molecule has 3 aromatic carbocycles. The summed E-state index contributed by atoms with van der Waals surface area (Å²) in [6, 6.07) is 21.6. The van der Waals surface area contributed by atoms with Crippen molar-refractivity contribution < 1.29 is 23.1 Å². The van der Waals surface area contributed by atoms with Gasteiger partial charge in [-0.3, -0.25) is 14.4 Å². The molecule has 1 saturated heterocycles. The van der Waals surface area contributed by atoms with Crippen LogP contribution in [-0.2, 0) is 22.6 Å². The Bertz CT molecular complexity index is 1500. The fourth-order valence-corrected chi connectivity index (χ4v) is 4.76. The number of rotatable bonds is 9. The predicted molar refractivity (Wildman–Crippen MR) is 144 cm³/mol. The molecular weight excluding hydrogens is 499 g/mol. The van der Waals surface area contributed by atoms with Gasteiger partial charge in [-0.15, -0.1) is 0 Å². The minimum absolute atomic E-state index is 0.0311. The van der Waals surface area contributed by atoms with Gasteiger partial charge in [0.05, 0.1) is 29.9 Å². The lowest BCUT2D eigenvalue weighted by atomic mass is 10.1. The third-order valence-corrected chi connectivity index (χ3v) is 6.83. The fraction of sp³-hybridized carbons (Fsp3) is 0.258. The van der Waals surface area contributed by atoms with Gasteiger partial charge in [0, 0.05) is 25.3 Å². The molecule has 7 nitrogen and oxygen atoms in total. The van der Waals surface area contributed by atoms with Crippen LogP contribution in [0.25, 0.3) is 11.0 Å². The van der Waals surface area contributed by atoms with Crippen LogP contribution in [0.4, 0.5) is 4.39 Å². The third-order valence-electron chi connectivity index (χ3n) is 6.83. The maximum Gasteiger partial charge on any atom is 0.254 e. The fourth-order valence-electron chi connectivity index (χ4n) is 4.76. The van der Waals surface area contributed by atoms with Gasteiger partial charge in [0.15, 0.2) is 5.43 Å². The van der Waals surface area contributed by atoms with E-state index < -0.39 is 0 Å². The molecule has 0 N–H and O–H groups in total. The zero-order valence-corrected chi connectivity index (χ0v) is 21.4. The average molecular weight is 529 g/mol. The van der Waals surface area contributed by atoms with Crippen molar-refractivity contribution in [1.29, 1.82) is 0 Å². The molecule has 0 bridgehead atoms. The minimum Gasteiger partial charge on any atom is -0.464 e. The molecule has 0 aliphatic carbocycles. The van der Waals surface area contributed by atoms with E-state index in [9.17, 15) is 18.8 Å². The largest absolute Gasteiger partial charge is 0.464 e. The number of para-hydroxylation sites is 1. The molecule has 200 valence electrons. The number of hydrogen-bond acceptors (Lipinski definition) is 5. The summed E-state index contributed by atoms with van der Waals surface area (Å²) in [6.45, 7) is 0.797. The van der Waals surface area contributed by atoms with Gasteiger partial charge in [-0.25, -0.2) is 4.39 Å². The summed E-state index contributed by atoms with van der Waals surface area (Å²) < 4.78 is 25.0. The molecule has 4 aromatic rings. The maximum absolute atomic E-state index is 13.8. The zero-order chi connectivity index (χ0) is 27.2. The molecule has 0 saturated carbocycles. The van der Waals surface area contributed by atoms with E-state index in [1.165, 1.54) is 28.2 Å². The Kier molecular flexibility index (Phi) is 8.13. The molecule has 1 aromatic heterocycles. The van der Waals surface area contributed by atoms with E-state index in [1.54, 1.807) is 60.7 Å². The Morgan fingerprint density at radius 3 is 2.38 bits per heavy atom. The first-order valence-corrected chi connectivity index (χ1v) is 13.0. The molecule has 1 fully saturated rings. The first-order chi connectivity index (χ1) is 19.0. The van der Waals surface area contributed by atoms with Crippen molar-refractivity contribution in [2.24, 2.45) is 0 Å². The summed E-state index contributed by atoms with van der Waals surface area (Å²) in [5.41, 5.74) is 1.70. The quantitative estimate of drug-likeness (QED) is 0.312. The van der Waals surface area contributed by atoms with E-state index in [4.69, 9.17) is 9.15 Å². The molecule has 0 radical (unpaired) electrons. The lowest BCUT2D eigenvalue weighted by molar-refractivity contribution is -0.133. The van der Waals surface area contributed by atoms with Crippen molar-refractivity contribution in [3.63, 3.8) is 0 Å². The molecule has 1 aliphatic rings. The molecule has 1 aliphatic heterocycles. The highest BCUT2D eigenvalue weighted by Crippen LogP contribution is 2.18. The van der Waals surface area contributed by atoms with Crippen LogP contribution in [0.1, 0.15) is 34.3 Å². The lowest BCUT2D eigenvalue weighted by Gasteiger charge is -2.29. The highest BCUT2D eigenvalue weighted by molar-refractivity contribution is 5.96. The SMILES string of the molecule is O=C(CN(CC1CCCO1)C(=O)c1ccccc1)N(Cc1ccc(F)cc1)Cc1coc2ccccc2c1=O. The normalized spacial score (nSPS) is 14.8. The Labute approximate surface area is 225 Å². The van der Waals surface area contributed by atoms with Gasteiger partial charge in [0.2, 0.25) is 5.91 Å². The van der Waals surface area contributed by atoms with Crippen LogP contribution >= 0.6 is 0 Å². The van der Waals surface area contributed by atoms with Crippen molar-refractivity contribution >= 4 is 22.8 Å². The third kappa shape index (κ3) is 6.41. The van der Waals surface area contributed by atoms with Gasteiger partial charge in [-0.1, -0.05) is 42.5 Å². The highest BCUT2D eigenvalue weighted by atomic mass is 19.1. The van der Waals surface area contributed by atoms with Crippen LogP contribution in [0.15, 0.2) is 94.3 Å². The lowest BCUT2D eigenvalue weighted by Crippen LogP contribution is -2.45. The second-order valence-corrected chi connectivity index (χ2v) is 9.65. The number of ether oxygens (including phenoxy) is 1. The average Bonchev–Trinajstić information content (AvgIpc) is 3.48. The molecule has 2 amide bonds. The first kappa shape index (κ1) is 26.3. The summed E-state index contributed by atoms with van der Waals surface area (Å²) in [6.07, 6.45) is 2.93. The van der Waals surface area contributed by atoms with Crippen molar-refractivity contribution in [2.45, 2.75) is 32.0 Å². The number of amides is 2. The van der Waals surface area contributed by atoms with Crippen molar-refractivity contribution in [3.05, 3.63) is 118 Å². The minimum atomic E-state index is -0.386. The Morgan fingerprint density at radius 2 is 1.64 bits per heavy atom. The summed E-state index contributed by atoms with van der Waals surface area (Å²) in [5.74, 6) is -1.01. The zero-order valence-electron chi connectivity index (χ0n) is 21.4. The number of benzene rings is 3. The van der Waals surface area contributed by atoms with Gasteiger partial charge in [-0.05, 0) is 54.8 Å². The monoisotopic (exact) mass is 528 g/mol. The van der Waals surface area contributed by atoms with E-state index in [2.05, 4.69) is 0 Å². The second-order valence-electron chi connectivity index (χ2n) is 9.65. The number of halogens is 1. The number of hydrogen-bond donors (Lipinski definition) is 0. The van der Waals surface area contributed by atoms with Crippen LogP contribution in [0, 0.1) is 5.82 Å². The van der Waals surface area contributed by atoms with Crippen LogP contribution in [0.2, 0.25) is 0 Å². The molecule has 2 heterocycles. The van der Waals surface area contributed by atoms with Crippen LogP contribution in [-0.4, -0.2) is 47.4 Å². The standard InChI is InChI=1S/C31H29FN2O5/c32-25-14-12-22(13-15-25)17-33(18-24-21-39-28-11-5-4-10-27(28)30(24)36)29(35)20-34(19-26-9-6-16-38-26)31(37)23-7-2-1-3-8-23/h1-5,7-8,10-15,21,26H,6,9,16-20H2. The summed E-state index contributed by atoms with van der Waals surface area (Å²) in [4.78, 5) is 43.4. The van der Waals surface area contributed by atoms with Crippen molar-refractivity contribution in [3.8, 4) is 0 Å². The first-order valence-electron chi connectivity index (χ1n) is 13.0. The topological polar surface area (TPSA) is 80.1 Å². The summed E-state index contributed by atoms with van der Waals surface area (Å²) in [5, 5.41) is 0.420. The van der Waals surface area contributed by atoms with Gasteiger partial charge in [0.1, 0.15) is 17.9 Å². The molecule has 39 heavy (non-hydrogen) atoms. The number of fused-ring (bicyclic) bond motifs is 1. The molecular formula is C31H29FN2O5. The molecule has 0 spiro atoms.